The molecule has 1 fully saturated rings. The van der Waals surface area contributed by atoms with E-state index in [4.69, 9.17) is 0 Å². The van der Waals surface area contributed by atoms with Gasteiger partial charge in [0.2, 0.25) is 5.91 Å². The molecule has 0 aromatic heterocycles. The highest BCUT2D eigenvalue weighted by Crippen LogP contribution is 2.43. The van der Waals surface area contributed by atoms with Gasteiger partial charge in [0.25, 0.3) is 0 Å². The highest BCUT2D eigenvalue weighted by Gasteiger charge is 2.39. The van der Waals surface area contributed by atoms with Crippen molar-refractivity contribution in [2.75, 3.05) is 0 Å². The van der Waals surface area contributed by atoms with Crippen molar-refractivity contribution < 1.29 is 9.18 Å². The molecular weight excluding hydrogens is 237 g/mol. The number of carbonyl (C=O) groups is 1. The number of hydrogen-bond donors (Lipinski definition) is 0. The fourth-order valence-corrected chi connectivity index (χ4v) is 3.47. The summed E-state index contributed by atoms with van der Waals surface area (Å²) in [5.74, 6) is -0.113. The molecule has 0 bridgehead atoms. The van der Waals surface area contributed by atoms with Crippen LogP contribution in [0, 0.1) is 5.82 Å². The summed E-state index contributed by atoms with van der Waals surface area (Å²) in [6.45, 7) is 5.88. The summed E-state index contributed by atoms with van der Waals surface area (Å²) in [6.07, 6.45) is 0. The molecule has 0 radical (unpaired) electrons. The smallest absolute Gasteiger partial charge is 0.236 e. The molecular formula is C13H16FNOS. The van der Waals surface area contributed by atoms with Gasteiger partial charge in [-0.25, -0.2) is 4.39 Å². The van der Waals surface area contributed by atoms with Crippen LogP contribution >= 0.6 is 11.8 Å². The lowest BCUT2D eigenvalue weighted by molar-refractivity contribution is -0.131. The second kappa shape index (κ2) is 4.69. The fraction of sp³-hybridized carbons (Fsp3) is 0.462. The highest BCUT2D eigenvalue weighted by molar-refractivity contribution is 8.01. The van der Waals surface area contributed by atoms with Crippen molar-refractivity contribution in [2.24, 2.45) is 0 Å². The third-order valence-electron chi connectivity index (χ3n) is 2.88. The Labute approximate surface area is 105 Å². The molecule has 1 heterocycles. The first-order valence-corrected chi connectivity index (χ1v) is 6.68. The van der Waals surface area contributed by atoms with E-state index >= 15 is 0 Å². The lowest BCUT2D eigenvalue weighted by atomic mass is 10.1. The largest absolute Gasteiger partial charge is 0.323 e. The number of nitrogens with zero attached hydrogens (tertiary/aromatic N) is 1. The average Bonchev–Trinajstić information content (AvgIpc) is 2.55. The molecule has 0 saturated carbocycles. The molecule has 1 aliphatic heterocycles. The molecule has 1 amide bonds. The topological polar surface area (TPSA) is 20.3 Å². The first kappa shape index (κ1) is 12.4. The zero-order chi connectivity index (χ0) is 12.6. The van der Waals surface area contributed by atoms with E-state index in [9.17, 15) is 9.18 Å². The van der Waals surface area contributed by atoms with E-state index < -0.39 is 0 Å². The van der Waals surface area contributed by atoms with Crippen molar-refractivity contribution in [3.8, 4) is 0 Å². The molecule has 17 heavy (non-hydrogen) atoms. The van der Waals surface area contributed by atoms with Crippen molar-refractivity contribution in [1.82, 2.24) is 4.90 Å². The Morgan fingerprint density at radius 1 is 1.41 bits per heavy atom. The van der Waals surface area contributed by atoms with Crippen molar-refractivity contribution in [3.05, 3.63) is 35.6 Å². The number of thioether (sulfide) groups is 1. The Hall–Kier alpha value is -1.03. The third-order valence-corrected chi connectivity index (χ3v) is 4.25. The predicted molar refractivity (Wildman–Crippen MR) is 68.2 cm³/mol. The molecule has 4 heteroatoms. The van der Waals surface area contributed by atoms with Crippen molar-refractivity contribution >= 4 is 17.7 Å². The maximum Gasteiger partial charge on any atom is 0.236 e. The van der Waals surface area contributed by atoms with Crippen LogP contribution in [0.1, 0.15) is 31.7 Å². The van der Waals surface area contributed by atoms with E-state index in [0.717, 1.165) is 5.56 Å². The van der Waals surface area contributed by atoms with Gasteiger partial charge >= 0.3 is 0 Å². The van der Waals surface area contributed by atoms with Gasteiger partial charge in [-0.15, -0.1) is 11.8 Å². The molecule has 2 rings (SSSR count). The minimum absolute atomic E-state index is 0.0503. The molecule has 2 nitrogen and oxygen atoms in total. The summed E-state index contributed by atoms with van der Waals surface area (Å²) in [5, 5.41) is -0.112. The summed E-state index contributed by atoms with van der Waals surface area (Å²) < 4.78 is 13.2. The van der Waals surface area contributed by atoms with Gasteiger partial charge in [0, 0.05) is 6.04 Å². The van der Waals surface area contributed by atoms with E-state index in [0.29, 0.717) is 0 Å². The monoisotopic (exact) mass is 253 g/mol. The maximum absolute atomic E-state index is 13.2. The van der Waals surface area contributed by atoms with Crippen LogP contribution < -0.4 is 0 Å². The summed E-state index contributed by atoms with van der Waals surface area (Å²) in [5.41, 5.74) is 0.862. The van der Waals surface area contributed by atoms with Crippen molar-refractivity contribution in [2.45, 2.75) is 37.4 Å². The third kappa shape index (κ3) is 2.32. The molecule has 0 N–H and O–H groups in total. The van der Waals surface area contributed by atoms with Gasteiger partial charge in [0.15, 0.2) is 0 Å². The molecule has 1 aromatic rings. The first-order valence-electron chi connectivity index (χ1n) is 5.74. The predicted octanol–water partition coefficient (Wildman–Crippen LogP) is 3.20. The van der Waals surface area contributed by atoms with Crippen LogP contribution in [0.5, 0.6) is 0 Å². The Bertz CT molecular complexity index is 435. The number of carbonyl (C=O) groups excluding carboxylic acids is 1. The van der Waals surface area contributed by atoms with Crippen molar-refractivity contribution in [1.29, 1.82) is 0 Å². The van der Waals surface area contributed by atoms with Gasteiger partial charge in [-0.05, 0) is 38.5 Å². The van der Waals surface area contributed by atoms with Crippen molar-refractivity contribution in [3.63, 3.8) is 0 Å². The zero-order valence-electron chi connectivity index (χ0n) is 10.2. The molecule has 1 aliphatic rings. The number of halogens is 1. The zero-order valence-corrected chi connectivity index (χ0v) is 11.0. The molecule has 0 unspecified atom stereocenters. The fourth-order valence-electron chi connectivity index (χ4n) is 2.07. The van der Waals surface area contributed by atoms with E-state index in [2.05, 4.69) is 0 Å². The Balaban J connectivity index is 2.34. The van der Waals surface area contributed by atoms with E-state index in [1.54, 1.807) is 17.8 Å². The second-order valence-electron chi connectivity index (χ2n) is 4.52. The first-order chi connectivity index (χ1) is 8.00. The summed E-state index contributed by atoms with van der Waals surface area (Å²) >= 11 is 1.58. The van der Waals surface area contributed by atoms with Gasteiger partial charge in [0.05, 0.1) is 5.25 Å². The van der Waals surface area contributed by atoms with Crippen LogP contribution in [0.3, 0.4) is 0 Å². The molecule has 0 aliphatic carbocycles. The van der Waals surface area contributed by atoms with E-state index in [1.165, 1.54) is 12.1 Å². The Morgan fingerprint density at radius 2 is 2.12 bits per heavy atom. The minimum atomic E-state index is -0.251. The quantitative estimate of drug-likeness (QED) is 0.806. The number of hydrogen-bond acceptors (Lipinski definition) is 2. The molecule has 1 aromatic carbocycles. The van der Waals surface area contributed by atoms with Crippen LogP contribution in [-0.2, 0) is 4.79 Å². The van der Waals surface area contributed by atoms with E-state index in [1.807, 2.05) is 31.7 Å². The van der Waals surface area contributed by atoms with Crippen LogP contribution in [0.2, 0.25) is 0 Å². The maximum atomic E-state index is 13.2. The SMILES string of the molecule is CC(C)N1C(=O)[C@@H](C)S[C@H]1c1cccc(F)c1. The number of amides is 1. The minimum Gasteiger partial charge on any atom is -0.323 e. The van der Waals surface area contributed by atoms with Gasteiger partial charge in [-0.3, -0.25) is 4.79 Å². The van der Waals surface area contributed by atoms with Gasteiger partial charge in [-0.2, -0.15) is 0 Å². The molecule has 92 valence electrons. The Kier molecular flexibility index (Phi) is 3.43. The lowest BCUT2D eigenvalue weighted by Crippen LogP contribution is -2.36. The summed E-state index contributed by atoms with van der Waals surface area (Å²) in [7, 11) is 0. The molecule has 1 saturated heterocycles. The molecule has 0 spiro atoms. The normalized spacial score (nSPS) is 24.8. The standard InChI is InChI=1S/C13H16FNOS/c1-8(2)15-12(16)9(3)17-13(15)10-5-4-6-11(14)7-10/h4-9,13H,1-3H3/t9-,13+/m1/s1. The van der Waals surface area contributed by atoms with Gasteiger partial charge in [0.1, 0.15) is 11.2 Å². The number of benzene rings is 1. The van der Waals surface area contributed by atoms with Crippen LogP contribution in [0.25, 0.3) is 0 Å². The average molecular weight is 253 g/mol. The summed E-state index contributed by atoms with van der Waals surface area (Å²) in [4.78, 5) is 13.9. The van der Waals surface area contributed by atoms with Gasteiger partial charge < -0.3 is 4.90 Å². The lowest BCUT2D eigenvalue weighted by Gasteiger charge is -2.28. The van der Waals surface area contributed by atoms with E-state index in [-0.39, 0.29) is 28.4 Å². The van der Waals surface area contributed by atoms with Crippen LogP contribution in [-0.4, -0.2) is 22.1 Å². The molecule has 2 atom stereocenters. The second-order valence-corrected chi connectivity index (χ2v) is 5.95. The summed E-state index contributed by atoms with van der Waals surface area (Å²) in [6, 6.07) is 6.64. The highest BCUT2D eigenvalue weighted by atomic mass is 32.2. The Morgan fingerprint density at radius 3 is 2.71 bits per heavy atom. The number of rotatable bonds is 2. The van der Waals surface area contributed by atoms with Crippen LogP contribution in [0.4, 0.5) is 4.39 Å². The van der Waals surface area contributed by atoms with Gasteiger partial charge in [-0.1, -0.05) is 12.1 Å². The van der Waals surface area contributed by atoms with Crippen LogP contribution in [0.15, 0.2) is 24.3 Å².